The van der Waals surface area contributed by atoms with Crippen LogP contribution in [0.4, 0.5) is 0 Å². The molecule has 0 saturated heterocycles. The van der Waals surface area contributed by atoms with Crippen LogP contribution in [0, 0.1) is 23.2 Å². The second-order valence-corrected chi connectivity index (χ2v) is 30.2. The van der Waals surface area contributed by atoms with Gasteiger partial charge in [-0.15, -0.1) is 0 Å². The molecule has 97 heavy (non-hydrogen) atoms. The Labute approximate surface area is 580 Å². The Hall–Kier alpha value is -7.03. The molecule has 4 unspecified atom stereocenters. The zero-order chi connectivity index (χ0) is 71.1. The van der Waals surface area contributed by atoms with Crippen LogP contribution in [0.5, 0.6) is 5.75 Å². The molecule has 6 aliphatic carbocycles. The van der Waals surface area contributed by atoms with E-state index in [2.05, 4.69) is 69.2 Å². The number of hydrogen-bond acceptors (Lipinski definition) is 15. The highest BCUT2D eigenvalue weighted by molar-refractivity contribution is 5.92. The molecule has 4 aromatic carbocycles. The average Bonchev–Trinajstić information content (AvgIpc) is 0.982. The predicted molar refractivity (Wildman–Crippen MR) is 379 cm³/mol. The van der Waals surface area contributed by atoms with Crippen LogP contribution in [0.2, 0.25) is 0 Å². The molecule has 15 nitrogen and oxygen atoms in total. The summed E-state index contributed by atoms with van der Waals surface area (Å²) in [5.41, 5.74) is 4.60. The van der Waals surface area contributed by atoms with Crippen LogP contribution >= 0.6 is 0 Å². The molecule has 534 valence electrons. The summed E-state index contributed by atoms with van der Waals surface area (Å²) in [4.78, 5) is 84.4. The minimum atomic E-state index is -0.523. The quantitative estimate of drug-likeness (QED) is 0.0449. The van der Waals surface area contributed by atoms with Crippen LogP contribution in [0.1, 0.15) is 309 Å². The van der Waals surface area contributed by atoms with E-state index in [-0.39, 0.29) is 43.4 Å². The molecule has 0 amide bonds. The lowest BCUT2D eigenvalue weighted by atomic mass is 9.46. The van der Waals surface area contributed by atoms with Crippen molar-refractivity contribution in [3.63, 3.8) is 0 Å². The highest BCUT2D eigenvalue weighted by Crippen LogP contribution is 2.64. The van der Waals surface area contributed by atoms with E-state index in [4.69, 9.17) is 37.9 Å². The van der Waals surface area contributed by atoms with Crippen LogP contribution in [-0.4, -0.2) is 90.6 Å². The van der Waals surface area contributed by atoms with E-state index in [0.717, 1.165) is 101 Å². The van der Waals surface area contributed by atoms with E-state index < -0.39 is 52.6 Å². The van der Waals surface area contributed by atoms with Crippen LogP contribution in [-0.2, 0) is 52.3 Å². The van der Waals surface area contributed by atoms with Gasteiger partial charge in [-0.2, -0.15) is 0 Å². The highest BCUT2D eigenvalue weighted by atomic mass is 16.6. The topological polar surface area (TPSA) is 193 Å². The summed E-state index contributed by atoms with van der Waals surface area (Å²) in [6.45, 7) is 29.8. The van der Waals surface area contributed by atoms with Crippen molar-refractivity contribution in [2.75, 3.05) is 26.4 Å². The summed E-state index contributed by atoms with van der Waals surface area (Å²) in [5, 5.41) is 0. The molecule has 0 N–H and O–H groups in total. The third-order valence-corrected chi connectivity index (χ3v) is 21.2. The molecule has 0 aromatic heterocycles. The summed E-state index contributed by atoms with van der Waals surface area (Å²) in [6, 6.07) is 30.1. The molecule has 6 fully saturated rings. The van der Waals surface area contributed by atoms with Crippen molar-refractivity contribution in [1.29, 1.82) is 0 Å². The molecule has 0 spiro atoms. The van der Waals surface area contributed by atoms with Gasteiger partial charge in [0, 0.05) is 5.41 Å². The molecular weight excluding hydrogens is 1220 g/mol. The number of ether oxygens (including phenoxy) is 8. The Morgan fingerprint density at radius 3 is 1.10 bits per heavy atom. The maximum atomic E-state index is 12.6. The second-order valence-electron chi connectivity index (χ2n) is 30.2. The van der Waals surface area contributed by atoms with E-state index in [1.165, 1.54) is 67.2 Å². The van der Waals surface area contributed by atoms with Gasteiger partial charge in [0.1, 0.15) is 28.2 Å². The number of hydrogen-bond donors (Lipinski definition) is 0. The second kappa shape index (κ2) is 36.7. The van der Waals surface area contributed by atoms with Gasteiger partial charge >= 0.3 is 41.8 Å². The fraction of sp³-hybridized carbons (Fsp3) is 0.622. The zero-order valence-electron chi connectivity index (χ0n) is 61.4. The van der Waals surface area contributed by atoms with E-state index in [1.54, 1.807) is 36.4 Å². The van der Waals surface area contributed by atoms with Crippen molar-refractivity contribution in [2.45, 2.75) is 278 Å². The third-order valence-electron chi connectivity index (χ3n) is 21.2. The number of rotatable bonds is 25. The van der Waals surface area contributed by atoms with Gasteiger partial charge in [-0.25, -0.2) is 33.6 Å². The fourth-order valence-corrected chi connectivity index (χ4v) is 14.6. The van der Waals surface area contributed by atoms with Gasteiger partial charge in [0.15, 0.2) is 26.4 Å². The average molecular weight is 1340 g/mol. The lowest BCUT2D eigenvalue weighted by molar-refractivity contribution is -0.200. The molecule has 4 bridgehead atoms. The highest BCUT2D eigenvalue weighted by Gasteiger charge is 2.59. The first-order valence-corrected chi connectivity index (χ1v) is 36.4. The summed E-state index contributed by atoms with van der Waals surface area (Å²) >= 11 is 0. The van der Waals surface area contributed by atoms with Gasteiger partial charge in [-0.1, -0.05) is 117 Å². The minimum Gasteiger partial charge on any atom is -0.482 e. The summed E-state index contributed by atoms with van der Waals surface area (Å²) < 4.78 is 43.1. The van der Waals surface area contributed by atoms with Crippen LogP contribution < -0.4 is 4.74 Å². The van der Waals surface area contributed by atoms with E-state index >= 15 is 0 Å². The van der Waals surface area contributed by atoms with Crippen molar-refractivity contribution in [3.05, 3.63) is 136 Å². The van der Waals surface area contributed by atoms with Gasteiger partial charge in [-0.3, -0.25) is 0 Å². The Kier molecular flexibility index (Phi) is 29.9. The normalized spacial score (nSPS) is 20.7. The van der Waals surface area contributed by atoms with Crippen molar-refractivity contribution in [3.8, 4) is 5.75 Å². The number of esters is 7. The zero-order valence-corrected chi connectivity index (χ0v) is 61.4. The Balaban J connectivity index is 0.000000207. The summed E-state index contributed by atoms with van der Waals surface area (Å²) in [6.07, 6.45) is 21.7. The van der Waals surface area contributed by atoms with E-state index in [9.17, 15) is 33.6 Å². The first-order valence-electron chi connectivity index (χ1n) is 36.4. The lowest BCUT2D eigenvalue weighted by Crippen LogP contribution is -2.57. The Morgan fingerprint density at radius 1 is 0.423 bits per heavy atom. The number of carbonyl (C=O) groups is 7. The van der Waals surface area contributed by atoms with Gasteiger partial charge < -0.3 is 37.9 Å². The van der Waals surface area contributed by atoms with Crippen molar-refractivity contribution >= 4 is 41.8 Å². The van der Waals surface area contributed by atoms with Crippen LogP contribution in [0.3, 0.4) is 0 Å². The van der Waals surface area contributed by atoms with Crippen LogP contribution in [0.25, 0.3) is 0 Å². The van der Waals surface area contributed by atoms with Gasteiger partial charge in [0.05, 0.1) is 16.7 Å². The van der Waals surface area contributed by atoms with E-state index in [0.29, 0.717) is 46.1 Å². The van der Waals surface area contributed by atoms with Crippen LogP contribution in [0.15, 0.2) is 97.1 Å². The van der Waals surface area contributed by atoms with Gasteiger partial charge in [-0.05, 0) is 276 Å². The first kappa shape index (κ1) is 79.0. The maximum absolute atomic E-state index is 12.6. The molecule has 6 aliphatic rings. The molecule has 6 saturated carbocycles. The smallest absolute Gasteiger partial charge is 0.344 e. The fourth-order valence-electron chi connectivity index (χ4n) is 14.6. The van der Waals surface area contributed by atoms with Crippen molar-refractivity contribution in [2.24, 2.45) is 23.2 Å². The summed E-state index contributed by atoms with van der Waals surface area (Å²) in [7, 11) is 0. The molecule has 0 aliphatic heterocycles. The van der Waals surface area contributed by atoms with Crippen molar-refractivity contribution < 1.29 is 71.5 Å². The molecule has 10 rings (SSSR count). The van der Waals surface area contributed by atoms with Gasteiger partial charge in [0.2, 0.25) is 0 Å². The largest absolute Gasteiger partial charge is 0.482 e. The maximum Gasteiger partial charge on any atom is 0.344 e. The SMILES string of the molecule is CCC(C)c1ccc(C(=O)OCC(=O)OC(C)(C)C23CC4CC(CC(C4)C2)C3)cc1.CCC(C)c1ccc(C(=O)OCC(=O)OC2(C)CCCCC2)cc1.CCC(C)c1ccc(C(=O)OCC(=O)OC2(CC)CCCC2)cc1.CCC(C)c1ccc(OCC(=O)OC(C)(C)C)cc1. The molecule has 0 heterocycles. The number of benzene rings is 4. The molecule has 4 aromatic rings. The predicted octanol–water partition coefficient (Wildman–Crippen LogP) is 19.1. The lowest BCUT2D eigenvalue weighted by Gasteiger charge is -2.61. The monoisotopic (exact) mass is 1340 g/mol. The third kappa shape index (κ3) is 24.1. The van der Waals surface area contributed by atoms with E-state index in [1.807, 2.05) is 95.3 Å². The van der Waals surface area contributed by atoms with Gasteiger partial charge in [0.25, 0.3) is 0 Å². The molecule has 4 atom stereocenters. The molecular formula is C82H116O15. The Bertz CT molecular complexity index is 3110. The molecule has 0 radical (unpaired) electrons. The molecule has 15 heteroatoms. The first-order chi connectivity index (χ1) is 46.0. The standard InChI is InChI=1S/C26H36O4.2C20H28O4.C16H24O3/c1-5-17(2)21-6-8-22(9-7-21)24(28)29-16-23(27)30-25(3,4)26-13-18-10-19(14-26)12-20(11-18)15-26;1-4-15(2)16-8-10-17(11-9-16)19(22)23-14-18(21)24-20(3)12-6-5-7-13-20;1-4-15(3)16-8-10-17(11-9-16)19(22)23-14-18(21)24-20(5-2)12-6-7-13-20;1-6-12(2)13-7-9-14(10-8-13)18-11-15(17)19-16(3,4)5/h6-9,17-20H,5,10-16H2,1-4H3;2*8-11,15H,4-7,12-14H2,1-3H3;7-10,12H,6,11H2,1-5H3. The van der Waals surface area contributed by atoms with Crippen molar-refractivity contribution in [1.82, 2.24) is 0 Å². The summed E-state index contributed by atoms with van der Waals surface area (Å²) in [5.74, 6) is 1.83. The number of carbonyl (C=O) groups excluding carboxylic acids is 7. The minimum absolute atomic E-state index is 0.0556. The Morgan fingerprint density at radius 2 is 0.753 bits per heavy atom.